The molecule has 0 bridgehead atoms. The van der Waals surface area contributed by atoms with E-state index in [-0.39, 0.29) is 12.4 Å². The molecule has 0 saturated carbocycles. The number of nitrogens with one attached hydrogen (secondary N) is 1. The van der Waals surface area contributed by atoms with E-state index in [1.54, 1.807) is 31.1 Å². The van der Waals surface area contributed by atoms with E-state index in [9.17, 15) is 0 Å². The van der Waals surface area contributed by atoms with Crippen molar-refractivity contribution in [2.24, 2.45) is 0 Å². The molecule has 0 fully saturated rings. The van der Waals surface area contributed by atoms with Crippen molar-refractivity contribution in [3.05, 3.63) is 31.1 Å². The number of halogens is 1. The summed E-state index contributed by atoms with van der Waals surface area (Å²) in [6, 6.07) is 0. The third kappa shape index (κ3) is 1.60. The van der Waals surface area contributed by atoms with Gasteiger partial charge in [0.2, 0.25) is 0 Å². The van der Waals surface area contributed by atoms with Crippen LogP contribution in [0.5, 0.6) is 0 Å². The lowest BCUT2D eigenvalue weighted by Gasteiger charge is -1.91. The van der Waals surface area contributed by atoms with E-state index in [1.165, 1.54) is 0 Å². The predicted molar refractivity (Wildman–Crippen MR) is 46.9 cm³/mol. The maximum atomic E-state index is 4.09. The molecule has 0 unspecified atom stereocenters. The van der Waals surface area contributed by atoms with Crippen LogP contribution in [0.3, 0.4) is 0 Å². The minimum absolute atomic E-state index is 0. The van der Waals surface area contributed by atoms with Crippen LogP contribution in [0.25, 0.3) is 11.4 Å². The van der Waals surface area contributed by atoms with E-state index in [0.29, 0.717) is 0 Å². The second kappa shape index (κ2) is 3.82. The van der Waals surface area contributed by atoms with Crippen LogP contribution in [0.1, 0.15) is 0 Å². The highest BCUT2D eigenvalue weighted by molar-refractivity contribution is 5.85. The fraction of sp³-hybridized carbons (Fsp3) is 0. The Bertz CT molecular complexity index is 318. The maximum Gasteiger partial charge on any atom is 0.106 e. The van der Waals surface area contributed by atoms with Gasteiger partial charge in [0.1, 0.15) is 5.69 Å². The quantitative estimate of drug-likeness (QED) is 0.723. The van der Waals surface area contributed by atoms with Crippen LogP contribution in [-0.4, -0.2) is 19.9 Å². The highest BCUT2D eigenvalue weighted by Gasteiger charge is 1.96. The number of hydrogen-bond donors (Lipinski definition) is 1. The van der Waals surface area contributed by atoms with Crippen LogP contribution in [0, 0.1) is 0 Å². The Labute approximate surface area is 75.5 Å². The van der Waals surface area contributed by atoms with Crippen molar-refractivity contribution < 1.29 is 0 Å². The van der Waals surface area contributed by atoms with Gasteiger partial charge in [-0.1, -0.05) is 0 Å². The number of aromatic amines is 1. The zero-order chi connectivity index (χ0) is 7.52. The molecular weight excluding hydrogens is 176 g/mol. The predicted octanol–water partition coefficient (Wildman–Crippen LogP) is 1.29. The molecule has 2 aromatic rings. The van der Waals surface area contributed by atoms with Gasteiger partial charge in [-0.05, 0) is 0 Å². The number of imidazole rings is 1. The first-order valence-corrected chi connectivity index (χ1v) is 3.21. The first-order valence-electron chi connectivity index (χ1n) is 3.21. The summed E-state index contributed by atoms with van der Waals surface area (Å²) in [5, 5.41) is 0. The number of nitrogens with zero attached hydrogens (tertiary/aromatic N) is 3. The number of aromatic nitrogens is 4. The van der Waals surface area contributed by atoms with Crippen LogP contribution in [0.4, 0.5) is 0 Å². The van der Waals surface area contributed by atoms with Gasteiger partial charge in [-0.3, -0.25) is 9.97 Å². The molecule has 2 aromatic heterocycles. The Morgan fingerprint density at radius 2 is 2.00 bits per heavy atom. The summed E-state index contributed by atoms with van der Waals surface area (Å²) in [6.07, 6.45) is 8.30. The summed E-state index contributed by atoms with van der Waals surface area (Å²) in [5.74, 6) is 0. The third-order valence-electron chi connectivity index (χ3n) is 1.34. The van der Waals surface area contributed by atoms with E-state index < -0.39 is 0 Å². The molecule has 0 atom stereocenters. The summed E-state index contributed by atoms with van der Waals surface area (Å²) < 4.78 is 0. The molecule has 12 heavy (non-hydrogen) atoms. The lowest BCUT2D eigenvalue weighted by molar-refractivity contribution is 1.19. The Kier molecular flexibility index (Phi) is 2.76. The van der Waals surface area contributed by atoms with Gasteiger partial charge in [0.15, 0.2) is 0 Å². The van der Waals surface area contributed by atoms with Crippen LogP contribution in [0.15, 0.2) is 31.1 Å². The first kappa shape index (κ1) is 8.67. The van der Waals surface area contributed by atoms with Crippen molar-refractivity contribution in [1.29, 1.82) is 0 Å². The fourth-order valence-electron chi connectivity index (χ4n) is 0.834. The first-order chi connectivity index (χ1) is 5.47. The van der Waals surface area contributed by atoms with Crippen molar-refractivity contribution in [3.63, 3.8) is 0 Å². The zero-order valence-electron chi connectivity index (χ0n) is 6.14. The Morgan fingerprint density at radius 1 is 1.08 bits per heavy atom. The van der Waals surface area contributed by atoms with Gasteiger partial charge in [-0.15, -0.1) is 12.4 Å². The van der Waals surface area contributed by atoms with Crippen molar-refractivity contribution in [2.75, 3.05) is 0 Å². The highest BCUT2D eigenvalue weighted by atomic mass is 35.5. The molecule has 0 saturated heterocycles. The van der Waals surface area contributed by atoms with Gasteiger partial charge in [0, 0.05) is 12.4 Å². The molecule has 0 aromatic carbocycles. The minimum Gasteiger partial charge on any atom is -0.343 e. The molecule has 0 spiro atoms. The van der Waals surface area contributed by atoms with Crippen molar-refractivity contribution in [3.8, 4) is 11.4 Å². The lowest BCUT2D eigenvalue weighted by Crippen LogP contribution is -1.82. The molecule has 2 rings (SSSR count). The maximum absolute atomic E-state index is 4.09. The van der Waals surface area contributed by atoms with Gasteiger partial charge in [0.05, 0.1) is 24.4 Å². The summed E-state index contributed by atoms with van der Waals surface area (Å²) in [6.45, 7) is 0. The normalized spacial score (nSPS) is 9.00. The number of hydrogen-bond acceptors (Lipinski definition) is 3. The fourth-order valence-corrected chi connectivity index (χ4v) is 0.834. The smallest absolute Gasteiger partial charge is 0.106 e. The minimum atomic E-state index is 0. The molecule has 1 N–H and O–H groups in total. The van der Waals surface area contributed by atoms with Crippen molar-refractivity contribution in [2.45, 2.75) is 0 Å². The number of H-pyrrole nitrogens is 1. The largest absolute Gasteiger partial charge is 0.343 e. The average molecular weight is 183 g/mol. The molecule has 5 heteroatoms. The molecule has 0 aliphatic rings. The van der Waals surface area contributed by atoms with Gasteiger partial charge in [-0.2, -0.15) is 0 Å². The average Bonchev–Trinajstić information content (AvgIpc) is 2.58. The van der Waals surface area contributed by atoms with Gasteiger partial charge >= 0.3 is 0 Å². The van der Waals surface area contributed by atoms with Crippen LogP contribution < -0.4 is 0 Å². The lowest BCUT2D eigenvalue weighted by atomic mass is 10.3. The topological polar surface area (TPSA) is 54.5 Å². The van der Waals surface area contributed by atoms with Crippen LogP contribution in [0.2, 0.25) is 0 Å². The van der Waals surface area contributed by atoms with Crippen molar-refractivity contribution in [1.82, 2.24) is 19.9 Å². The molecule has 0 aliphatic carbocycles. The Morgan fingerprint density at radius 3 is 2.58 bits per heavy atom. The monoisotopic (exact) mass is 182 g/mol. The van der Waals surface area contributed by atoms with Crippen LogP contribution >= 0.6 is 12.4 Å². The van der Waals surface area contributed by atoms with E-state index in [1.807, 2.05) is 0 Å². The molecule has 2 heterocycles. The van der Waals surface area contributed by atoms with E-state index in [4.69, 9.17) is 0 Å². The van der Waals surface area contributed by atoms with E-state index >= 15 is 0 Å². The molecular formula is C7H7ClN4. The second-order valence-corrected chi connectivity index (χ2v) is 2.06. The van der Waals surface area contributed by atoms with E-state index in [2.05, 4.69) is 19.9 Å². The highest BCUT2D eigenvalue weighted by Crippen LogP contribution is 2.08. The molecule has 0 amide bonds. The Balaban J connectivity index is 0.000000720. The summed E-state index contributed by atoms with van der Waals surface area (Å²) in [7, 11) is 0. The number of rotatable bonds is 1. The van der Waals surface area contributed by atoms with Crippen molar-refractivity contribution >= 4 is 12.4 Å². The summed E-state index contributed by atoms with van der Waals surface area (Å²) in [4.78, 5) is 14.8. The van der Waals surface area contributed by atoms with Gasteiger partial charge in [-0.25, -0.2) is 4.98 Å². The second-order valence-electron chi connectivity index (χ2n) is 2.06. The SMILES string of the molecule is Cl.c1cnc(-c2cnc[nH]2)cn1. The standard InChI is InChI=1S/C7H6N4.ClH/c1-2-10-6(3-8-1)7-4-9-5-11-7;/h1-5H,(H,9,11);1H. The zero-order valence-corrected chi connectivity index (χ0v) is 6.95. The van der Waals surface area contributed by atoms with Crippen LogP contribution in [-0.2, 0) is 0 Å². The third-order valence-corrected chi connectivity index (χ3v) is 1.34. The summed E-state index contributed by atoms with van der Waals surface area (Å²) >= 11 is 0. The summed E-state index contributed by atoms with van der Waals surface area (Å²) in [5.41, 5.74) is 1.70. The molecule has 4 nitrogen and oxygen atoms in total. The molecule has 0 aliphatic heterocycles. The Hall–Kier alpha value is -1.42. The van der Waals surface area contributed by atoms with E-state index in [0.717, 1.165) is 11.4 Å². The molecule has 62 valence electrons. The van der Waals surface area contributed by atoms with Gasteiger partial charge < -0.3 is 4.98 Å². The molecule has 0 radical (unpaired) electrons. The van der Waals surface area contributed by atoms with Gasteiger partial charge in [0.25, 0.3) is 0 Å².